The lowest BCUT2D eigenvalue weighted by molar-refractivity contribution is 0.0953. The zero-order chi connectivity index (χ0) is 12.7. The van der Waals surface area contributed by atoms with Crippen LogP contribution in [0, 0.1) is 0 Å². The molecule has 4 nitrogen and oxygen atoms in total. The molecule has 0 aliphatic heterocycles. The number of aliphatic hydroxyl groups is 1. The van der Waals surface area contributed by atoms with Gasteiger partial charge >= 0.3 is 0 Å². The zero-order valence-electron chi connectivity index (χ0n) is 9.58. The third-order valence-corrected chi connectivity index (χ3v) is 2.62. The Morgan fingerprint density at radius 1 is 1.35 bits per heavy atom. The Morgan fingerprint density at radius 2 is 2.12 bits per heavy atom. The van der Waals surface area contributed by atoms with Crippen molar-refractivity contribution >= 4 is 23.2 Å². The maximum Gasteiger partial charge on any atom is 0.253 e. The standard InChI is InChI=1S/C12H17ClN2O2/c13-9-4-5-11(14)10(8-9)12(17)15-6-2-1-3-7-16/h4-5,8,16H,1-3,6-7,14H2,(H,15,17). The molecule has 0 unspecified atom stereocenters. The Kier molecular flexibility index (Phi) is 5.80. The summed E-state index contributed by atoms with van der Waals surface area (Å²) in [7, 11) is 0. The van der Waals surface area contributed by atoms with E-state index in [0.717, 1.165) is 19.3 Å². The summed E-state index contributed by atoms with van der Waals surface area (Å²) in [6.07, 6.45) is 2.49. The molecule has 0 aliphatic carbocycles. The van der Waals surface area contributed by atoms with Gasteiger partial charge in [0.25, 0.3) is 5.91 Å². The number of nitrogens with two attached hydrogens (primary N) is 1. The largest absolute Gasteiger partial charge is 0.398 e. The minimum atomic E-state index is -0.214. The molecule has 0 bridgehead atoms. The molecular weight excluding hydrogens is 240 g/mol. The maximum atomic E-state index is 11.8. The molecule has 0 radical (unpaired) electrons. The van der Waals surface area contributed by atoms with Crippen LogP contribution in [0.5, 0.6) is 0 Å². The number of rotatable bonds is 6. The second-order valence-electron chi connectivity index (χ2n) is 3.77. The van der Waals surface area contributed by atoms with E-state index in [2.05, 4.69) is 5.32 Å². The molecular formula is C12H17ClN2O2. The molecule has 0 heterocycles. The topological polar surface area (TPSA) is 75.4 Å². The van der Waals surface area contributed by atoms with Gasteiger partial charge in [-0.05, 0) is 37.5 Å². The van der Waals surface area contributed by atoms with Crippen LogP contribution < -0.4 is 11.1 Å². The lowest BCUT2D eigenvalue weighted by Gasteiger charge is -2.07. The summed E-state index contributed by atoms with van der Waals surface area (Å²) >= 11 is 5.80. The van der Waals surface area contributed by atoms with Gasteiger partial charge in [-0.25, -0.2) is 0 Å². The molecule has 1 aromatic rings. The van der Waals surface area contributed by atoms with Crippen LogP contribution in [0.4, 0.5) is 5.69 Å². The molecule has 0 spiro atoms. The van der Waals surface area contributed by atoms with E-state index in [1.54, 1.807) is 18.2 Å². The number of nitrogen functional groups attached to an aromatic ring is 1. The average Bonchev–Trinajstić information content (AvgIpc) is 2.32. The number of carbonyl (C=O) groups is 1. The van der Waals surface area contributed by atoms with Crippen LogP contribution in [-0.2, 0) is 0 Å². The second kappa shape index (κ2) is 7.14. The normalized spacial score (nSPS) is 10.2. The highest BCUT2D eigenvalue weighted by Gasteiger charge is 2.09. The number of carbonyl (C=O) groups excluding carboxylic acids is 1. The Balaban J connectivity index is 2.44. The number of hydrogen-bond donors (Lipinski definition) is 3. The molecule has 17 heavy (non-hydrogen) atoms. The number of hydrogen-bond acceptors (Lipinski definition) is 3. The third kappa shape index (κ3) is 4.63. The minimum absolute atomic E-state index is 0.190. The van der Waals surface area contributed by atoms with Crippen LogP contribution in [0.15, 0.2) is 18.2 Å². The fraction of sp³-hybridized carbons (Fsp3) is 0.417. The van der Waals surface area contributed by atoms with Crippen LogP contribution in [0.2, 0.25) is 5.02 Å². The van der Waals surface area contributed by atoms with Gasteiger partial charge in [0, 0.05) is 23.9 Å². The van der Waals surface area contributed by atoms with Gasteiger partial charge in [-0.15, -0.1) is 0 Å². The van der Waals surface area contributed by atoms with Crippen LogP contribution in [0.3, 0.4) is 0 Å². The van der Waals surface area contributed by atoms with Crippen molar-refractivity contribution in [2.24, 2.45) is 0 Å². The van der Waals surface area contributed by atoms with Crippen molar-refractivity contribution in [1.82, 2.24) is 5.32 Å². The van der Waals surface area contributed by atoms with Crippen LogP contribution in [0.25, 0.3) is 0 Å². The SMILES string of the molecule is Nc1ccc(Cl)cc1C(=O)NCCCCCO. The van der Waals surface area contributed by atoms with Gasteiger partial charge in [0.15, 0.2) is 0 Å². The summed E-state index contributed by atoms with van der Waals surface area (Å²) < 4.78 is 0. The first kappa shape index (κ1) is 13.8. The van der Waals surface area contributed by atoms with Gasteiger partial charge in [-0.2, -0.15) is 0 Å². The molecule has 0 saturated heterocycles. The number of unbranched alkanes of at least 4 members (excludes halogenated alkanes) is 2. The fourth-order valence-electron chi connectivity index (χ4n) is 1.44. The van der Waals surface area contributed by atoms with Gasteiger partial charge in [0.2, 0.25) is 0 Å². The highest BCUT2D eigenvalue weighted by molar-refractivity contribution is 6.31. The van der Waals surface area contributed by atoms with Crippen molar-refractivity contribution in [1.29, 1.82) is 0 Å². The Labute approximate surface area is 106 Å². The smallest absolute Gasteiger partial charge is 0.253 e. The van der Waals surface area contributed by atoms with E-state index in [4.69, 9.17) is 22.4 Å². The molecule has 0 aliphatic rings. The van der Waals surface area contributed by atoms with E-state index < -0.39 is 0 Å². The minimum Gasteiger partial charge on any atom is -0.398 e. The van der Waals surface area contributed by atoms with Gasteiger partial charge in [-0.3, -0.25) is 4.79 Å². The molecule has 1 amide bonds. The molecule has 4 N–H and O–H groups in total. The molecule has 0 fully saturated rings. The van der Waals surface area contributed by atoms with E-state index in [0.29, 0.717) is 22.8 Å². The molecule has 0 atom stereocenters. The number of halogens is 1. The van der Waals surface area contributed by atoms with Crippen molar-refractivity contribution in [3.05, 3.63) is 28.8 Å². The third-order valence-electron chi connectivity index (χ3n) is 2.38. The monoisotopic (exact) mass is 256 g/mol. The summed E-state index contributed by atoms with van der Waals surface area (Å²) in [5.74, 6) is -0.214. The van der Waals surface area contributed by atoms with Crippen LogP contribution in [0.1, 0.15) is 29.6 Å². The van der Waals surface area contributed by atoms with Gasteiger partial charge < -0.3 is 16.2 Å². The molecule has 1 aromatic carbocycles. The van der Waals surface area contributed by atoms with Crippen molar-refractivity contribution in [2.45, 2.75) is 19.3 Å². The summed E-state index contributed by atoms with van der Waals surface area (Å²) in [6, 6.07) is 4.82. The quantitative estimate of drug-likeness (QED) is 0.537. The average molecular weight is 257 g/mol. The number of aliphatic hydroxyl groups excluding tert-OH is 1. The molecule has 1 rings (SSSR count). The first-order chi connectivity index (χ1) is 8.15. The highest BCUT2D eigenvalue weighted by atomic mass is 35.5. The van der Waals surface area contributed by atoms with Crippen LogP contribution in [-0.4, -0.2) is 24.2 Å². The van der Waals surface area contributed by atoms with Crippen LogP contribution >= 0.6 is 11.6 Å². The molecule has 0 aromatic heterocycles. The van der Waals surface area contributed by atoms with E-state index in [1.807, 2.05) is 0 Å². The molecule has 0 saturated carbocycles. The van der Waals surface area contributed by atoms with E-state index in [1.165, 1.54) is 0 Å². The maximum absolute atomic E-state index is 11.8. The van der Waals surface area contributed by atoms with E-state index in [-0.39, 0.29) is 12.5 Å². The molecule has 94 valence electrons. The van der Waals surface area contributed by atoms with Gasteiger partial charge in [0.1, 0.15) is 0 Å². The second-order valence-corrected chi connectivity index (χ2v) is 4.21. The predicted molar refractivity (Wildman–Crippen MR) is 69.1 cm³/mol. The zero-order valence-corrected chi connectivity index (χ0v) is 10.3. The Bertz CT molecular complexity index is 383. The van der Waals surface area contributed by atoms with Crippen molar-refractivity contribution in [2.75, 3.05) is 18.9 Å². The number of benzene rings is 1. The number of anilines is 1. The lowest BCUT2D eigenvalue weighted by atomic mass is 10.1. The van der Waals surface area contributed by atoms with Crippen molar-refractivity contribution in [3.8, 4) is 0 Å². The Morgan fingerprint density at radius 3 is 2.82 bits per heavy atom. The van der Waals surface area contributed by atoms with Gasteiger partial charge in [-0.1, -0.05) is 11.6 Å². The summed E-state index contributed by atoms with van der Waals surface area (Å²) in [4.78, 5) is 11.8. The number of nitrogens with one attached hydrogen (secondary N) is 1. The first-order valence-corrected chi connectivity index (χ1v) is 5.97. The fourth-order valence-corrected chi connectivity index (χ4v) is 1.61. The summed E-state index contributed by atoms with van der Waals surface area (Å²) in [6.45, 7) is 0.764. The van der Waals surface area contributed by atoms with Gasteiger partial charge in [0.05, 0.1) is 5.56 Å². The van der Waals surface area contributed by atoms with Crippen molar-refractivity contribution < 1.29 is 9.90 Å². The van der Waals surface area contributed by atoms with E-state index >= 15 is 0 Å². The first-order valence-electron chi connectivity index (χ1n) is 5.59. The highest BCUT2D eigenvalue weighted by Crippen LogP contribution is 2.17. The summed E-state index contributed by atoms with van der Waals surface area (Å²) in [5.41, 5.74) is 6.51. The van der Waals surface area contributed by atoms with Crippen molar-refractivity contribution in [3.63, 3.8) is 0 Å². The predicted octanol–water partition coefficient (Wildman–Crippen LogP) is 1.81. The molecule has 5 heteroatoms. The van der Waals surface area contributed by atoms with E-state index in [9.17, 15) is 4.79 Å². The number of amides is 1. The Hall–Kier alpha value is -1.26. The lowest BCUT2D eigenvalue weighted by Crippen LogP contribution is -2.25. The summed E-state index contributed by atoms with van der Waals surface area (Å²) in [5, 5.41) is 11.9.